The van der Waals surface area contributed by atoms with Crippen molar-refractivity contribution in [2.24, 2.45) is 5.92 Å². The summed E-state index contributed by atoms with van der Waals surface area (Å²) >= 11 is 0. The summed E-state index contributed by atoms with van der Waals surface area (Å²) in [6, 6.07) is 8.74. The van der Waals surface area contributed by atoms with Gasteiger partial charge in [-0.15, -0.1) is 0 Å². The number of amides is 1. The van der Waals surface area contributed by atoms with E-state index in [-0.39, 0.29) is 12.1 Å². The van der Waals surface area contributed by atoms with Crippen molar-refractivity contribution in [2.45, 2.75) is 64.0 Å². The number of ether oxygens (including phenoxy) is 1. The van der Waals surface area contributed by atoms with Gasteiger partial charge in [0.05, 0.1) is 6.10 Å². The first-order valence-corrected chi connectivity index (χ1v) is 11.0. The van der Waals surface area contributed by atoms with E-state index in [0.717, 1.165) is 36.9 Å². The Hall–Kier alpha value is -2.27. The van der Waals surface area contributed by atoms with Crippen LogP contribution in [0.5, 0.6) is 0 Å². The number of benzene rings is 1. The van der Waals surface area contributed by atoms with E-state index in [1.165, 1.54) is 31.2 Å². The molecule has 2 atom stereocenters. The Morgan fingerprint density at radius 3 is 2.48 bits per heavy atom. The first-order chi connectivity index (χ1) is 14.2. The van der Waals surface area contributed by atoms with Gasteiger partial charge in [0.1, 0.15) is 6.33 Å². The van der Waals surface area contributed by atoms with Crippen molar-refractivity contribution in [3.8, 4) is 11.1 Å². The van der Waals surface area contributed by atoms with E-state index in [0.29, 0.717) is 18.4 Å². The Balaban J connectivity index is 1.41. The molecule has 5 heteroatoms. The molecule has 1 aliphatic heterocycles. The summed E-state index contributed by atoms with van der Waals surface area (Å²) in [5, 5.41) is 0. The monoisotopic (exact) mass is 393 g/mol. The molecule has 0 unspecified atom stereocenters. The van der Waals surface area contributed by atoms with Crippen molar-refractivity contribution in [1.29, 1.82) is 0 Å². The molecule has 5 nitrogen and oxygen atoms in total. The van der Waals surface area contributed by atoms with E-state index >= 15 is 0 Å². The minimum absolute atomic E-state index is 0.0446. The summed E-state index contributed by atoms with van der Waals surface area (Å²) in [6.45, 7) is 3.60. The van der Waals surface area contributed by atoms with Crippen molar-refractivity contribution < 1.29 is 9.53 Å². The predicted molar refractivity (Wildman–Crippen MR) is 113 cm³/mol. The standard InChI is InChI=1S/C24H31N3O2/c1-2-27(24(28)13-18-5-3-4-6-18)22-11-12-29-23(14-22)20-9-7-19(8-10-20)21-15-25-17-26-16-21/h7-10,15-18,22-23H,2-6,11-14H2,1H3/t22-,23+/m0/s1. The average molecular weight is 394 g/mol. The van der Waals surface area contributed by atoms with E-state index in [2.05, 4.69) is 46.1 Å². The third-order valence-electron chi connectivity index (χ3n) is 6.47. The fourth-order valence-electron chi connectivity index (χ4n) is 4.85. The molecule has 29 heavy (non-hydrogen) atoms. The first kappa shape index (κ1) is 20.0. The van der Waals surface area contributed by atoms with Crippen LogP contribution in [0.15, 0.2) is 43.0 Å². The van der Waals surface area contributed by atoms with Crippen LogP contribution in [-0.4, -0.2) is 40.0 Å². The molecule has 0 bridgehead atoms. The molecule has 2 aliphatic rings. The number of hydrogen-bond donors (Lipinski definition) is 0. The lowest BCUT2D eigenvalue weighted by Crippen LogP contribution is -2.44. The minimum atomic E-state index is 0.0446. The average Bonchev–Trinajstić information content (AvgIpc) is 3.28. The fourth-order valence-corrected chi connectivity index (χ4v) is 4.85. The lowest BCUT2D eigenvalue weighted by atomic mass is 9.94. The van der Waals surface area contributed by atoms with Gasteiger partial charge >= 0.3 is 0 Å². The highest BCUT2D eigenvalue weighted by Crippen LogP contribution is 2.33. The van der Waals surface area contributed by atoms with Gasteiger partial charge in [0.25, 0.3) is 0 Å². The van der Waals surface area contributed by atoms with Crippen LogP contribution >= 0.6 is 0 Å². The van der Waals surface area contributed by atoms with Crippen LogP contribution in [0.3, 0.4) is 0 Å². The van der Waals surface area contributed by atoms with Crippen LogP contribution < -0.4 is 0 Å². The highest BCUT2D eigenvalue weighted by Gasteiger charge is 2.31. The Labute approximate surface area is 173 Å². The van der Waals surface area contributed by atoms with E-state index in [1.54, 1.807) is 6.33 Å². The molecule has 1 aromatic carbocycles. The van der Waals surface area contributed by atoms with Crippen molar-refractivity contribution in [2.75, 3.05) is 13.2 Å². The van der Waals surface area contributed by atoms with Crippen molar-refractivity contribution in [3.63, 3.8) is 0 Å². The molecule has 1 aliphatic carbocycles. The Morgan fingerprint density at radius 1 is 1.07 bits per heavy atom. The second-order valence-corrected chi connectivity index (χ2v) is 8.32. The van der Waals surface area contributed by atoms with Crippen molar-refractivity contribution >= 4 is 5.91 Å². The molecule has 1 saturated carbocycles. The summed E-state index contributed by atoms with van der Waals surface area (Å²) < 4.78 is 6.09. The maximum atomic E-state index is 12.9. The van der Waals surface area contributed by atoms with Crippen molar-refractivity contribution in [3.05, 3.63) is 48.5 Å². The Bertz CT molecular complexity index is 788. The summed E-state index contributed by atoms with van der Waals surface area (Å²) in [5.74, 6) is 0.936. The normalized spacial score (nSPS) is 22.5. The highest BCUT2D eigenvalue weighted by molar-refractivity contribution is 5.76. The van der Waals surface area contributed by atoms with Gasteiger partial charge in [0.15, 0.2) is 0 Å². The van der Waals surface area contributed by atoms with Crippen LogP contribution in [0.2, 0.25) is 0 Å². The first-order valence-electron chi connectivity index (χ1n) is 11.0. The molecule has 2 aromatic rings. The SMILES string of the molecule is CCN(C(=O)CC1CCCC1)[C@H]1CCO[C@@H](c2ccc(-c3cncnc3)cc2)C1. The van der Waals surface area contributed by atoms with Gasteiger partial charge in [-0.25, -0.2) is 9.97 Å². The van der Waals surface area contributed by atoms with Crippen molar-refractivity contribution in [1.82, 2.24) is 14.9 Å². The van der Waals surface area contributed by atoms with Gasteiger partial charge in [-0.3, -0.25) is 4.79 Å². The molecule has 1 amide bonds. The Morgan fingerprint density at radius 2 is 1.79 bits per heavy atom. The molecule has 0 radical (unpaired) electrons. The number of hydrogen-bond acceptors (Lipinski definition) is 4. The second kappa shape index (κ2) is 9.49. The van der Waals surface area contributed by atoms with Crippen LogP contribution in [0.4, 0.5) is 0 Å². The highest BCUT2D eigenvalue weighted by atomic mass is 16.5. The van der Waals surface area contributed by atoms with E-state index in [9.17, 15) is 4.79 Å². The Kier molecular flexibility index (Phi) is 6.55. The van der Waals surface area contributed by atoms with E-state index < -0.39 is 0 Å². The maximum absolute atomic E-state index is 12.9. The molecule has 2 heterocycles. The van der Waals surface area contributed by atoms with Gasteiger partial charge in [0, 0.05) is 43.6 Å². The molecular formula is C24H31N3O2. The number of nitrogens with zero attached hydrogens (tertiary/aromatic N) is 3. The van der Waals surface area contributed by atoms with Crippen LogP contribution in [0.1, 0.15) is 63.5 Å². The molecule has 154 valence electrons. The van der Waals surface area contributed by atoms with Gasteiger partial charge in [-0.2, -0.15) is 0 Å². The lowest BCUT2D eigenvalue weighted by Gasteiger charge is -2.37. The number of aromatic nitrogens is 2. The topological polar surface area (TPSA) is 55.3 Å². The lowest BCUT2D eigenvalue weighted by molar-refractivity contribution is -0.137. The van der Waals surface area contributed by atoms with E-state index in [1.807, 2.05) is 12.4 Å². The zero-order chi connectivity index (χ0) is 20.1. The fraction of sp³-hybridized carbons (Fsp3) is 0.542. The zero-order valence-corrected chi connectivity index (χ0v) is 17.3. The summed E-state index contributed by atoms with van der Waals surface area (Å²) in [6.07, 6.45) is 12.8. The smallest absolute Gasteiger partial charge is 0.223 e. The molecule has 0 spiro atoms. The largest absolute Gasteiger partial charge is 0.373 e. The summed E-state index contributed by atoms with van der Waals surface area (Å²) in [5.41, 5.74) is 3.29. The second-order valence-electron chi connectivity index (χ2n) is 8.32. The predicted octanol–water partition coefficient (Wildman–Crippen LogP) is 4.79. The summed E-state index contributed by atoms with van der Waals surface area (Å²) in [7, 11) is 0. The van der Waals surface area contributed by atoms with Gasteiger partial charge < -0.3 is 9.64 Å². The van der Waals surface area contributed by atoms with Crippen LogP contribution in [0, 0.1) is 5.92 Å². The number of carbonyl (C=O) groups is 1. The molecule has 0 N–H and O–H groups in total. The van der Waals surface area contributed by atoms with Gasteiger partial charge in [0.2, 0.25) is 5.91 Å². The molecule has 2 fully saturated rings. The third kappa shape index (κ3) is 4.84. The van der Waals surface area contributed by atoms with Crippen LogP contribution in [-0.2, 0) is 9.53 Å². The summed E-state index contributed by atoms with van der Waals surface area (Å²) in [4.78, 5) is 23.2. The van der Waals surface area contributed by atoms with Gasteiger partial charge in [-0.1, -0.05) is 37.1 Å². The minimum Gasteiger partial charge on any atom is -0.373 e. The van der Waals surface area contributed by atoms with E-state index in [4.69, 9.17) is 4.74 Å². The maximum Gasteiger partial charge on any atom is 0.223 e. The quantitative estimate of drug-likeness (QED) is 0.708. The van der Waals surface area contributed by atoms with Gasteiger partial charge in [-0.05, 0) is 49.7 Å². The molecule has 4 rings (SSSR count). The molecular weight excluding hydrogens is 362 g/mol. The molecule has 1 aromatic heterocycles. The molecule has 1 saturated heterocycles. The number of carbonyl (C=O) groups excluding carboxylic acids is 1. The third-order valence-corrected chi connectivity index (χ3v) is 6.47. The zero-order valence-electron chi connectivity index (χ0n) is 17.3. The number of rotatable bonds is 6. The van der Waals surface area contributed by atoms with Crippen LogP contribution in [0.25, 0.3) is 11.1 Å².